The van der Waals surface area contributed by atoms with Crippen molar-refractivity contribution >= 4 is 11.9 Å². The summed E-state index contributed by atoms with van der Waals surface area (Å²) in [5, 5.41) is 11.5. The molecule has 7 nitrogen and oxygen atoms in total. The number of hydrogen-bond acceptors (Lipinski definition) is 5. The van der Waals surface area contributed by atoms with E-state index in [0.29, 0.717) is 42.6 Å². The number of ether oxygens (including phenoxy) is 3. The van der Waals surface area contributed by atoms with E-state index >= 15 is 0 Å². The highest BCUT2D eigenvalue weighted by molar-refractivity contribution is 5.94. The van der Waals surface area contributed by atoms with Crippen molar-refractivity contribution in [1.82, 2.24) is 5.32 Å². The Morgan fingerprint density at radius 1 is 1.08 bits per heavy atom. The lowest BCUT2D eigenvalue weighted by atomic mass is 10.1. The minimum atomic E-state index is -1.07. The zero-order valence-corrected chi connectivity index (χ0v) is 14.1. The van der Waals surface area contributed by atoms with Crippen molar-refractivity contribution in [2.45, 2.75) is 13.0 Å². The molecule has 1 heterocycles. The first kappa shape index (κ1) is 17.6. The van der Waals surface area contributed by atoms with Gasteiger partial charge < -0.3 is 24.6 Å². The molecule has 1 aliphatic heterocycles. The number of nitrogens with one attached hydrogen (secondary N) is 1. The molecule has 0 unspecified atom stereocenters. The third-order valence-electron chi connectivity index (χ3n) is 3.72. The van der Waals surface area contributed by atoms with Crippen LogP contribution >= 0.6 is 0 Å². The fourth-order valence-corrected chi connectivity index (χ4v) is 2.47. The lowest BCUT2D eigenvalue weighted by Crippen LogP contribution is -2.22. The van der Waals surface area contributed by atoms with E-state index < -0.39 is 12.6 Å². The number of benzene rings is 2. The molecule has 136 valence electrons. The number of carbonyl (C=O) groups excluding carboxylic acids is 1. The number of carbonyl (C=O) groups is 2. The Morgan fingerprint density at radius 3 is 2.69 bits per heavy atom. The molecule has 0 spiro atoms. The van der Waals surface area contributed by atoms with Crippen molar-refractivity contribution in [3.63, 3.8) is 0 Å². The Kier molecular flexibility index (Phi) is 5.58. The van der Waals surface area contributed by atoms with Gasteiger partial charge in [0.25, 0.3) is 5.91 Å². The smallest absolute Gasteiger partial charge is 0.341 e. The van der Waals surface area contributed by atoms with Gasteiger partial charge in [-0.05, 0) is 35.9 Å². The van der Waals surface area contributed by atoms with Crippen LogP contribution in [0.3, 0.4) is 0 Å². The van der Waals surface area contributed by atoms with Gasteiger partial charge in [0.2, 0.25) is 0 Å². The molecule has 26 heavy (non-hydrogen) atoms. The predicted molar refractivity (Wildman–Crippen MR) is 92.8 cm³/mol. The van der Waals surface area contributed by atoms with E-state index in [4.69, 9.17) is 19.3 Å². The molecular formula is C19H19NO6. The number of carboxylic acids is 1. The second-order valence-corrected chi connectivity index (χ2v) is 5.72. The maximum Gasteiger partial charge on any atom is 0.341 e. The quantitative estimate of drug-likeness (QED) is 0.823. The first-order chi connectivity index (χ1) is 12.6. The number of carboxylic acid groups (broad SMARTS) is 1. The molecule has 7 heteroatoms. The minimum Gasteiger partial charge on any atom is -0.490 e. The lowest BCUT2D eigenvalue weighted by molar-refractivity contribution is -0.139. The molecule has 0 saturated heterocycles. The number of fused-ring (bicyclic) bond motifs is 1. The number of amides is 1. The molecule has 0 aliphatic carbocycles. The molecular weight excluding hydrogens is 338 g/mol. The van der Waals surface area contributed by atoms with Gasteiger partial charge in [-0.2, -0.15) is 0 Å². The molecule has 3 rings (SSSR count). The van der Waals surface area contributed by atoms with E-state index in [-0.39, 0.29) is 5.91 Å². The van der Waals surface area contributed by atoms with Crippen molar-refractivity contribution in [2.75, 3.05) is 19.8 Å². The molecule has 0 atom stereocenters. The summed E-state index contributed by atoms with van der Waals surface area (Å²) < 4.78 is 16.3. The second kappa shape index (κ2) is 8.24. The van der Waals surface area contributed by atoms with E-state index in [0.717, 1.165) is 12.0 Å². The SMILES string of the molecule is O=C(O)COc1cccc(C(=O)NCc2ccc3c(c2)OCCCO3)c1. The van der Waals surface area contributed by atoms with Gasteiger partial charge in [0, 0.05) is 18.5 Å². The first-order valence-corrected chi connectivity index (χ1v) is 8.23. The van der Waals surface area contributed by atoms with Crippen molar-refractivity contribution < 1.29 is 28.9 Å². The largest absolute Gasteiger partial charge is 0.490 e. The van der Waals surface area contributed by atoms with Gasteiger partial charge in [-0.25, -0.2) is 4.79 Å². The van der Waals surface area contributed by atoms with Gasteiger partial charge in [0.1, 0.15) is 5.75 Å². The highest BCUT2D eigenvalue weighted by atomic mass is 16.5. The van der Waals surface area contributed by atoms with Crippen LogP contribution in [0.15, 0.2) is 42.5 Å². The van der Waals surface area contributed by atoms with E-state index in [1.165, 1.54) is 6.07 Å². The molecule has 0 saturated carbocycles. The maximum atomic E-state index is 12.3. The maximum absolute atomic E-state index is 12.3. The summed E-state index contributed by atoms with van der Waals surface area (Å²) in [4.78, 5) is 22.9. The monoisotopic (exact) mass is 357 g/mol. The molecule has 0 fully saturated rings. The summed E-state index contributed by atoms with van der Waals surface area (Å²) >= 11 is 0. The van der Waals surface area contributed by atoms with Gasteiger partial charge in [0.05, 0.1) is 13.2 Å². The second-order valence-electron chi connectivity index (χ2n) is 5.72. The molecule has 1 aliphatic rings. The number of hydrogen-bond donors (Lipinski definition) is 2. The number of aliphatic carboxylic acids is 1. The minimum absolute atomic E-state index is 0.280. The van der Waals surface area contributed by atoms with Crippen LogP contribution in [0.1, 0.15) is 22.3 Å². The van der Waals surface area contributed by atoms with Gasteiger partial charge in [-0.15, -0.1) is 0 Å². The Morgan fingerprint density at radius 2 is 1.88 bits per heavy atom. The van der Waals surface area contributed by atoms with Gasteiger partial charge in [0.15, 0.2) is 18.1 Å². The normalized spacial score (nSPS) is 12.8. The molecule has 2 aromatic rings. The van der Waals surface area contributed by atoms with Gasteiger partial charge in [-0.3, -0.25) is 4.79 Å². The third kappa shape index (κ3) is 4.66. The van der Waals surface area contributed by atoms with Crippen LogP contribution in [0.2, 0.25) is 0 Å². The van der Waals surface area contributed by atoms with Crippen molar-refractivity contribution in [2.24, 2.45) is 0 Å². The molecule has 0 bridgehead atoms. The zero-order chi connectivity index (χ0) is 18.4. The van der Waals surface area contributed by atoms with Gasteiger partial charge in [-0.1, -0.05) is 12.1 Å². The summed E-state index contributed by atoms with van der Waals surface area (Å²) in [7, 11) is 0. The van der Waals surface area contributed by atoms with Crippen LogP contribution in [0.25, 0.3) is 0 Å². The zero-order valence-electron chi connectivity index (χ0n) is 14.1. The lowest BCUT2D eigenvalue weighted by Gasteiger charge is -2.11. The highest BCUT2D eigenvalue weighted by Gasteiger charge is 2.12. The summed E-state index contributed by atoms with van der Waals surface area (Å²) in [5.74, 6) is 0.363. The Hall–Kier alpha value is -3.22. The number of rotatable bonds is 6. The topological polar surface area (TPSA) is 94.1 Å². The first-order valence-electron chi connectivity index (χ1n) is 8.23. The highest BCUT2D eigenvalue weighted by Crippen LogP contribution is 2.30. The van der Waals surface area contributed by atoms with Crippen molar-refractivity contribution in [1.29, 1.82) is 0 Å². The van der Waals surface area contributed by atoms with Crippen LogP contribution in [-0.4, -0.2) is 36.8 Å². The Labute approximate surface area is 150 Å². The van der Waals surface area contributed by atoms with E-state index in [2.05, 4.69) is 5.32 Å². The molecule has 0 radical (unpaired) electrons. The average Bonchev–Trinajstić information content (AvgIpc) is 2.89. The van der Waals surface area contributed by atoms with Crippen molar-refractivity contribution in [3.8, 4) is 17.2 Å². The summed E-state index contributed by atoms with van der Waals surface area (Å²) in [6.45, 7) is 1.10. The van der Waals surface area contributed by atoms with Crippen LogP contribution in [-0.2, 0) is 11.3 Å². The Balaban J connectivity index is 1.61. The fraction of sp³-hybridized carbons (Fsp3) is 0.263. The summed E-state index contributed by atoms with van der Waals surface area (Å²) in [6.07, 6.45) is 0.834. The summed E-state index contributed by atoms with van der Waals surface area (Å²) in [5.41, 5.74) is 1.28. The standard InChI is InChI=1S/C19H19NO6/c21-18(22)12-26-15-4-1-3-14(10-15)19(23)20-11-13-5-6-16-17(9-13)25-8-2-7-24-16/h1,3-6,9-10H,2,7-8,11-12H2,(H,20,23)(H,21,22). The van der Waals surface area contributed by atoms with Gasteiger partial charge >= 0.3 is 5.97 Å². The van der Waals surface area contributed by atoms with E-state index in [9.17, 15) is 9.59 Å². The average molecular weight is 357 g/mol. The molecule has 2 N–H and O–H groups in total. The van der Waals surface area contributed by atoms with E-state index in [1.54, 1.807) is 18.2 Å². The van der Waals surface area contributed by atoms with Crippen LogP contribution in [0.4, 0.5) is 0 Å². The van der Waals surface area contributed by atoms with Crippen LogP contribution in [0, 0.1) is 0 Å². The van der Waals surface area contributed by atoms with Crippen LogP contribution < -0.4 is 19.5 Å². The predicted octanol–water partition coefficient (Wildman–Crippen LogP) is 2.24. The molecule has 2 aromatic carbocycles. The van der Waals surface area contributed by atoms with Crippen LogP contribution in [0.5, 0.6) is 17.2 Å². The summed E-state index contributed by atoms with van der Waals surface area (Å²) in [6, 6.07) is 11.9. The molecule has 0 aromatic heterocycles. The fourth-order valence-electron chi connectivity index (χ4n) is 2.47. The third-order valence-corrected chi connectivity index (χ3v) is 3.72. The van der Waals surface area contributed by atoms with Crippen molar-refractivity contribution in [3.05, 3.63) is 53.6 Å². The Bertz CT molecular complexity index is 804. The van der Waals surface area contributed by atoms with E-state index in [1.807, 2.05) is 18.2 Å². The molecule has 1 amide bonds.